The zero-order valence-corrected chi connectivity index (χ0v) is 15.5. The maximum Gasteiger partial charge on any atom is 0.257 e. The Labute approximate surface area is 162 Å². The number of carbonyl (C=O) groups is 2. The van der Waals surface area contributed by atoms with Gasteiger partial charge < -0.3 is 9.80 Å². The number of rotatable bonds is 3. The number of nitrogens with zero attached hydrogens (tertiary/aromatic N) is 2. The molecule has 2 unspecified atom stereocenters. The highest BCUT2D eigenvalue weighted by Gasteiger charge is 2.42. The largest absolute Gasteiger partial charge is 0.336 e. The molecule has 4 rings (SSSR count). The van der Waals surface area contributed by atoms with Crippen LogP contribution in [0.1, 0.15) is 35.2 Å². The Morgan fingerprint density at radius 3 is 2.64 bits per heavy atom. The van der Waals surface area contributed by atoms with Crippen molar-refractivity contribution < 1.29 is 18.4 Å². The number of carbonyl (C=O) groups excluding carboxylic acids is 2. The van der Waals surface area contributed by atoms with Gasteiger partial charge in [-0.1, -0.05) is 30.3 Å². The minimum atomic E-state index is -0.726. The van der Waals surface area contributed by atoms with E-state index in [-0.39, 0.29) is 23.4 Å². The van der Waals surface area contributed by atoms with Crippen molar-refractivity contribution in [3.63, 3.8) is 0 Å². The molecule has 0 aliphatic carbocycles. The molecule has 2 aliphatic rings. The molecule has 6 heteroatoms. The number of hydrogen-bond acceptors (Lipinski definition) is 2. The summed E-state index contributed by atoms with van der Waals surface area (Å²) in [6, 6.07) is 12.6. The van der Waals surface area contributed by atoms with Crippen LogP contribution in [0.3, 0.4) is 0 Å². The van der Waals surface area contributed by atoms with Crippen LogP contribution in [0.15, 0.2) is 48.5 Å². The molecule has 2 atom stereocenters. The first-order chi connectivity index (χ1) is 13.5. The van der Waals surface area contributed by atoms with Gasteiger partial charge in [-0.15, -0.1) is 0 Å². The van der Waals surface area contributed by atoms with Crippen LogP contribution in [0.25, 0.3) is 0 Å². The molecule has 2 aromatic carbocycles. The number of amides is 2. The van der Waals surface area contributed by atoms with Gasteiger partial charge in [-0.2, -0.15) is 0 Å². The molecule has 2 fully saturated rings. The van der Waals surface area contributed by atoms with E-state index in [1.54, 1.807) is 4.90 Å². The van der Waals surface area contributed by atoms with E-state index in [0.29, 0.717) is 26.1 Å². The predicted octanol–water partition coefficient (Wildman–Crippen LogP) is 3.62. The molecule has 146 valence electrons. The molecule has 2 heterocycles. The molecule has 0 aromatic heterocycles. The van der Waals surface area contributed by atoms with E-state index in [1.807, 2.05) is 35.2 Å². The molecule has 0 spiro atoms. The lowest BCUT2D eigenvalue weighted by Crippen LogP contribution is -2.43. The average Bonchev–Trinajstić information content (AvgIpc) is 3.06. The molecule has 0 bridgehead atoms. The van der Waals surface area contributed by atoms with E-state index in [0.717, 1.165) is 36.6 Å². The van der Waals surface area contributed by atoms with Crippen LogP contribution >= 0.6 is 0 Å². The molecule has 2 saturated heterocycles. The van der Waals surface area contributed by atoms with Gasteiger partial charge in [0.15, 0.2) is 0 Å². The van der Waals surface area contributed by atoms with Gasteiger partial charge in [-0.05, 0) is 42.5 Å². The van der Waals surface area contributed by atoms with Gasteiger partial charge in [-0.3, -0.25) is 9.59 Å². The van der Waals surface area contributed by atoms with Crippen molar-refractivity contribution >= 4 is 11.8 Å². The molecule has 2 amide bonds. The second-order valence-corrected chi connectivity index (χ2v) is 7.56. The molecular formula is C22H22F2N2O2. The molecule has 2 aliphatic heterocycles. The van der Waals surface area contributed by atoms with E-state index < -0.39 is 17.5 Å². The fourth-order valence-corrected chi connectivity index (χ4v) is 4.32. The van der Waals surface area contributed by atoms with Gasteiger partial charge in [0, 0.05) is 26.1 Å². The van der Waals surface area contributed by atoms with Crippen LogP contribution in [0.4, 0.5) is 8.78 Å². The van der Waals surface area contributed by atoms with Crippen molar-refractivity contribution in [2.45, 2.75) is 31.8 Å². The van der Waals surface area contributed by atoms with E-state index in [1.165, 1.54) is 0 Å². The van der Waals surface area contributed by atoms with Crippen molar-refractivity contribution in [3.05, 3.63) is 71.3 Å². The topological polar surface area (TPSA) is 40.6 Å². The zero-order valence-electron chi connectivity index (χ0n) is 15.5. The lowest BCUT2D eigenvalue weighted by atomic mass is 9.98. The Morgan fingerprint density at radius 2 is 1.86 bits per heavy atom. The van der Waals surface area contributed by atoms with Crippen molar-refractivity contribution in [1.29, 1.82) is 0 Å². The molecule has 4 nitrogen and oxygen atoms in total. The first kappa shape index (κ1) is 18.6. The summed E-state index contributed by atoms with van der Waals surface area (Å²) in [5.41, 5.74) is 0.787. The lowest BCUT2D eigenvalue weighted by molar-refractivity contribution is -0.133. The fourth-order valence-electron chi connectivity index (χ4n) is 4.32. The Balaban J connectivity index is 1.57. The van der Waals surface area contributed by atoms with Crippen LogP contribution in [0.2, 0.25) is 0 Å². The summed E-state index contributed by atoms with van der Waals surface area (Å²) in [5, 5.41) is 0. The number of fused-ring (bicyclic) bond motifs is 1. The highest BCUT2D eigenvalue weighted by molar-refractivity contribution is 5.94. The summed E-state index contributed by atoms with van der Waals surface area (Å²) in [6.45, 7) is 1.30. The summed E-state index contributed by atoms with van der Waals surface area (Å²) < 4.78 is 27.6. The van der Waals surface area contributed by atoms with E-state index >= 15 is 0 Å². The van der Waals surface area contributed by atoms with Crippen molar-refractivity contribution in [2.24, 2.45) is 5.92 Å². The minimum Gasteiger partial charge on any atom is -0.336 e. The minimum absolute atomic E-state index is 0.0857. The number of likely N-dealkylation sites (tertiary alicyclic amines) is 2. The SMILES string of the molecule is O=C(c1cc(F)ccc1F)N1CC2CCCC(=O)N(Cc3ccccc3)C2C1. The van der Waals surface area contributed by atoms with E-state index in [4.69, 9.17) is 0 Å². The standard InChI is InChI=1S/C22H22F2N2O2/c23-17-9-10-19(24)18(11-17)22(28)25-13-16-7-4-8-21(27)26(20(16)14-25)12-15-5-2-1-3-6-15/h1-3,5-6,9-11,16,20H,4,7-8,12-14H2. The Morgan fingerprint density at radius 1 is 1.07 bits per heavy atom. The van der Waals surface area contributed by atoms with Crippen LogP contribution in [-0.4, -0.2) is 40.7 Å². The average molecular weight is 384 g/mol. The normalized spacial score (nSPS) is 22.1. The van der Waals surface area contributed by atoms with Gasteiger partial charge in [0.25, 0.3) is 5.91 Å². The maximum absolute atomic E-state index is 14.1. The smallest absolute Gasteiger partial charge is 0.257 e. The number of hydrogen-bond donors (Lipinski definition) is 0. The zero-order chi connectivity index (χ0) is 19.7. The molecule has 0 saturated carbocycles. The predicted molar refractivity (Wildman–Crippen MR) is 100 cm³/mol. The monoisotopic (exact) mass is 384 g/mol. The Kier molecular flexibility index (Phi) is 5.11. The highest BCUT2D eigenvalue weighted by atomic mass is 19.1. The van der Waals surface area contributed by atoms with Crippen LogP contribution in [-0.2, 0) is 11.3 Å². The second-order valence-electron chi connectivity index (χ2n) is 7.56. The molecule has 28 heavy (non-hydrogen) atoms. The third-order valence-electron chi connectivity index (χ3n) is 5.73. The summed E-state index contributed by atoms with van der Waals surface area (Å²) in [6.07, 6.45) is 2.13. The highest BCUT2D eigenvalue weighted by Crippen LogP contribution is 2.32. The first-order valence-corrected chi connectivity index (χ1v) is 9.60. The third kappa shape index (κ3) is 3.63. The summed E-state index contributed by atoms with van der Waals surface area (Å²) in [5.74, 6) is -1.65. The van der Waals surface area contributed by atoms with E-state index in [9.17, 15) is 18.4 Å². The third-order valence-corrected chi connectivity index (χ3v) is 5.73. The fraction of sp³-hybridized carbons (Fsp3) is 0.364. The Hall–Kier alpha value is -2.76. The van der Waals surface area contributed by atoms with Crippen LogP contribution in [0, 0.1) is 17.6 Å². The second kappa shape index (κ2) is 7.70. The molecule has 2 aromatic rings. The van der Waals surface area contributed by atoms with Gasteiger partial charge >= 0.3 is 0 Å². The molecule has 0 radical (unpaired) electrons. The first-order valence-electron chi connectivity index (χ1n) is 9.60. The van der Waals surface area contributed by atoms with Crippen molar-refractivity contribution in [1.82, 2.24) is 9.80 Å². The van der Waals surface area contributed by atoms with Gasteiger partial charge in [0.1, 0.15) is 11.6 Å². The van der Waals surface area contributed by atoms with Crippen molar-refractivity contribution in [2.75, 3.05) is 13.1 Å². The maximum atomic E-state index is 14.1. The lowest BCUT2D eigenvalue weighted by Gasteiger charge is -2.30. The van der Waals surface area contributed by atoms with Crippen LogP contribution in [0.5, 0.6) is 0 Å². The Bertz CT molecular complexity index is 887. The van der Waals surface area contributed by atoms with Gasteiger partial charge in [0.05, 0.1) is 11.6 Å². The molecule has 0 N–H and O–H groups in total. The molecular weight excluding hydrogens is 362 g/mol. The number of benzene rings is 2. The van der Waals surface area contributed by atoms with Crippen LogP contribution < -0.4 is 0 Å². The quantitative estimate of drug-likeness (QED) is 0.811. The van der Waals surface area contributed by atoms with Gasteiger partial charge in [0.2, 0.25) is 5.91 Å². The van der Waals surface area contributed by atoms with Crippen molar-refractivity contribution in [3.8, 4) is 0 Å². The van der Waals surface area contributed by atoms with Gasteiger partial charge in [-0.25, -0.2) is 8.78 Å². The summed E-state index contributed by atoms with van der Waals surface area (Å²) in [4.78, 5) is 29.0. The van der Waals surface area contributed by atoms with E-state index in [2.05, 4.69) is 0 Å². The summed E-state index contributed by atoms with van der Waals surface area (Å²) in [7, 11) is 0. The number of halogens is 2. The summed E-state index contributed by atoms with van der Waals surface area (Å²) >= 11 is 0.